The van der Waals surface area contributed by atoms with Crippen LogP contribution in [0.5, 0.6) is 0 Å². The molecule has 13 heavy (non-hydrogen) atoms. The smallest absolute Gasteiger partial charge is 0.336 e. The van der Waals surface area contributed by atoms with Gasteiger partial charge in [0.2, 0.25) is 5.91 Å². The molecule has 0 fully saturated rings. The Morgan fingerprint density at radius 1 is 1.23 bits per heavy atom. The van der Waals surface area contributed by atoms with E-state index in [1.54, 1.807) is 20.8 Å². The van der Waals surface area contributed by atoms with Gasteiger partial charge in [-0.3, -0.25) is 4.79 Å². The van der Waals surface area contributed by atoms with E-state index in [9.17, 15) is 18.0 Å². The molecule has 0 bridgehead atoms. The van der Waals surface area contributed by atoms with Crippen LogP contribution in [0.1, 0.15) is 20.8 Å². The van der Waals surface area contributed by atoms with Crippen molar-refractivity contribution < 1.29 is 18.0 Å². The summed E-state index contributed by atoms with van der Waals surface area (Å²) in [4.78, 5) is 12.0. The minimum absolute atomic E-state index is 0.509. The maximum atomic E-state index is 11.9. The molecule has 0 saturated heterocycles. The van der Waals surface area contributed by atoms with E-state index < -0.39 is 24.0 Å². The second-order valence-electron chi connectivity index (χ2n) is 4.03. The van der Waals surface area contributed by atoms with E-state index in [0.29, 0.717) is 4.90 Å². The van der Waals surface area contributed by atoms with E-state index in [0.717, 1.165) is 7.05 Å². The van der Waals surface area contributed by atoms with E-state index in [4.69, 9.17) is 0 Å². The fourth-order valence-corrected chi connectivity index (χ4v) is 0.913. The molecular formula is C8H14F3NO. The fraction of sp³-hybridized carbons (Fsp3) is 0.875. The van der Waals surface area contributed by atoms with Gasteiger partial charge >= 0.3 is 6.18 Å². The monoisotopic (exact) mass is 197 g/mol. The molecule has 0 aliphatic heterocycles. The number of amides is 1. The summed E-state index contributed by atoms with van der Waals surface area (Å²) in [5.41, 5.74) is -0.764. The minimum Gasteiger partial charge on any atom is -0.336 e. The molecule has 0 aromatic heterocycles. The van der Waals surface area contributed by atoms with Crippen molar-refractivity contribution in [2.75, 3.05) is 13.6 Å². The Morgan fingerprint density at radius 3 is 1.85 bits per heavy atom. The first-order valence-electron chi connectivity index (χ1n) is 3.86. The van der Waals surface area contributed by atoms with Gasteiger partial charge in [0.15, 0.2) is 0 Å². The molecule has 0 aliphatic carbocycles. The van der Waals surface area contributed by atoms with Gasteiger partial charge in [-0.2, -0.15) is 13.2 Å². The zero-order valence-corrected chi connectivity index (χ0v) is 8.20. The second-order valence-corrected chi connectivity index (χ2v) is 4.03. The highest BCUT2D eigenvalue weighted by molar-refractivity contribution is 5.81. The number of hydrogen-bond acceptors (Lipinski definition) is 1. The SMILES string of the molecule is CN(CC(F)(F)F)C(=O)C(C)(C)C. The predicted octanol–water partition coefficient (Wildman–Crippen LogP) is 2.05. The maximum absolute atomic E-state index is 11.9. The Balaban J connectivity index is 4.30. The van der Waals surface area contributed by atoms with Crippen molar-refractivity contribution in [3.05, 3.63) is 0 Å². The molecule has 0 heterocycles. The highest BCUT2D eigenvalue weighted by Gasteiger charge is 2.34. The summed E-state index contributed by atoms with van der Waals surface area (Å²) in [5.74, 6) is -0.509. The summed E-state index contributed by atoms with van der Waals surface area (Å²) in [6.07, 6.45) is -4.32. The van der Waals surface area contributed by atoms with Crippen LogP contribution >= 0.6 is 0 Å². The number of hydrogen-bond donors (Lipinski definition) is 0. The zero-order valence-electron chi connectivity index (χ0n) is 8.20. The number of halogens is 3. The third-order valence-corrected chi connectivity index (χ3v) is 1.40. The van der Waals surface area contributed by atoms with Crippen LogP contribution in [0.15, 0.2) is 0 Å². The Morgan fingerprint density at radius 2 is 1.62 bits per heavy atom. The van der Waals surface area contributed by atoms with Crippen molar-refractivity contribution in [1.29, 1.82) is 0 Å². The van der Waals surface area contributed by atoms with Crippen LogP contribution in [-0.2, 0) is 4.79 Å². The quantitative estimate of drug-likeness (QED) is 0.630. The van der Waals surface area contributed by atoms with E-state index in [-0.39, 0.29) is 0 Å². The third kappa shape index (κ3) is 4.75. The van der Waals surface area contributed by atoms with Gasteiger partial charge in [0.05, 0.1) is 0 Å². The van der Waals surface area contributed by atoms with Crippen LogP contribution in [0.2, 0.25) is 0 Å². The molecule has 0 atom stereocenters. The Kier molecular flexibility index (Phi) is 3.35. The summed E-state index contributed by atoms with van der Waals surface area (Å²) in [7, 11) is 1.15. The minimum atomic E-state index is -4.32. The van der Waals surface area contributed by atoms with Gasteiger partial charge in [-0.1, -0.05) is 20.8 Å². The van der Waals surface area contributed by atoms with E-state index in [1.165, 1.54) is 0 Å². The molecule has 0 spiro atoms. The van der Waals surface area contributed by atoms with Crippen LogP contribution in [0.3, 0.4) is 0 Å². The second kappa shape index (κ2) is 3.55. The molecule has 0 aromatic rings. The summed E-state index contributed by atoms with van der Waals surface area (Å²) in [5, 5.41) is 0. The lowest BCUT2D eigenvalue weighted by Gasteiger charge is -2.26. The van der Waals surface area contributed by atoms with E-state index in [1.807, 2.05) is 0 Å². The standard InChI is InChI=1S/C8H14F3NO/c1-7(2,3)6(13)12(4)5-8(9,10)11/h5H2,1-4H3. The highest BCUT2D eigenvalue weighted by atomic mass is 19.4. The lowest BCUT2D eigenvalue weighted by molar-refractivity contribution is -0.163. The van der Waals surface area contributed by atoms with Crippen molar-refractivity contribution in [3.8, 4) is 0 Å². The van der Waals surface area contributed by atoms with Crippen molar-refractivity contribution >= 4 is 5.91 Å². The van der Waals surface area contributed by atoms with Crippen LogP contribution in [0, 0.1) is 5.41 Å². The van der Waals surface area contributed by atoms with Gasteiger partial charge in [0.1, 0.15) is 6.54 Å². The first-order valence-corrected chi connectivity index (χ1v) is 3.86. The first-order chi connectivity index (χ1) is 5.54. The maximum Gasteiger partial charge on any atom is 0.406 e. The first kappa shape index (κ1) is 12.3. The lowest BCUT2D eigenvalue weighted by Crippen LogP contribution is -2.41. The van der Waals surface area contributed by atoms with Crippen LogP contribution in [0.25, 0.3) is 0 Å². The topological polar surface area (TPSA) is 20.3 Å². The molecule has 0 radical (unpaired) electrons. The molecular weight excluding hydrogens is 183 g/mol. The molecule has 0 aliphatic rings. The highest BCUT2D eigenvalue weighted by Crippen LogP contribution is 2.21. The van der Waals surface area contributed by atoms with E-state index in [2.05, 4.69) is 0 Å². The average molecular weight is 197 g/mol. The number of alkyl halides is 3. The van der Waals surface area contributed by atoms with Crippen LogP contribution in [0.4, 0.5) is 13.2 Å². The Bertz CT molecular complexity index is 193. The zero-order chi connectivity index (χ0) is 10.9. The van der Waals surface area contributed by atoms with Gasteiger partial charge in [-0.25, -0.2) is 0 Å². The Labute approximate surface area is 75.7 Å². The molecule has 0 unspecified atom stereocenters. The number of rotatable bonds is 1. The van der Waals surface area contributed by atoms with Gasteiger partial charge in [0, 0.05) is 12.5 Å². The molecule has 5 heteroatoms. The largest absolute Gasteiger partial charge is 0.406 e. The third-order valence-electron chi connectivity index (χ3n) is 1.40. The van der Waals surface area contributed by atoms with Gasteiger partial charge < -0.3 is 4.90 Å². The number of nitrogens with zero attached hydrogens (tertiary/aromatic N) is 1. The molecule has 0 aromatic carbocycles. The van der Waals surface area contributed by atoms with Crippen LogP contribution in [-0.4, -0.2) is 30.6 Å². The van der Waals surface area contributed by atoms with Crippen LogP contribution < -0.4 is 0 Å². The Hall–Kier alpha value is -0.740. The van der Waals surface area contributed by atoms with Crippen molar-refractivity contribution in [3.63, 3.8) is 0 Å². The average Bonchev–Trinajstić information content (AvgIpc) is 1.79. The predicted molar refractivity (Wildman–Crippen MR) is 43.1 cm³/mol. The van der Waals surface area contributed by atoms with Gasteiger partial charge in [-0.15, -0.1) is 0 Å². The lowest BCUT2D eigenvalue weighted by atomic mass is 9.95. The molecule has 1 amide bonds. The molecule has 0 saturated carbocycles. The van der Waals surface area contributed by atoms with Crippen molar-refractivity contribution in [1.82, 2.24) is 4.90 Å². The summed E-state index contributed by atoms with van der Waals surface area (Å²) >= 11 is 0. The molecule has 78 valence electrons. The van der Waals surface area contributed by atoms with E-state index >= 15 is 0 Å². The molecule has 0 rings (SSSR count). The van der Waals surface area contributed by atoms with Crippen molar-refractivity contribution in [2.45, 2.75) is 26.9 Å². The number of carbonyl (C=O) groups is 1. The molecule has 0 N–H and O–H groups in total. The summed E-state index contributed by atoms with van der Waals surface area (Å²) < 4.78 is 35.6. The fourth-order valence-electron chi connectivity index (χ4n) is 0.913. The summed E-state index contributed by atoms with van der Waals surface area (Å²) in [6, 6.07) is 0. The number of carbonyl (C=O) groups excluding carboxylic acids is 1. The molecule has 2 nitrogen and oxygen atoms in total. The normalized spacial score (nSPS) is 12.8. The summed E-state index contributed by atoms with van der Waals surface area (Å²) in [6.45, 7) is 3.57. The van der Waals surface area contributed by atoms with Crippen molar-refractivity contribution in [2.24, 2.45) is 5.41 Å². The van der Waals surface area contributed by atoms with Gasteiger partial charge in [-0.05, 0) is 0 Å². The van der Waals surface area contributed by atoms with Gasteiger partial charge in [0.25, 0.3) is 0 Å².